The van der Waals surface area contributed by atoms with Gasteiger partial charge in [0.1, 0.15) is 0 Å². The van der Waals surface area contributed by atoms with Crippen LogP contribution in [0.2, 0.25) is 0 Å². The zero-order chi connectivity index (χ0) is 7.95. The average molecular weight is 156 g/mol. The van der Waals surface area contributed by atoms with Gasteiger partial charge in [-0.1, -0.05) is 6.92 Å². The standard InChI is InChI=1S/C9H16O2/c1-8(7-10)3-2-4-9(8)5-6-11-9/h10H,2-7H2,1H3. The number of rotatable bonds is 1. The number of aliphatic hydroxyl groups is 1. The maximum atomic E-state index is 9.25. The van der Waals surface area contributed by atoms with Crippen molar-refractivity contribution in [1.29, 1.82) is 0 Å². The highest BCUT2D eigenvalue weighted by Crippen LogP contribution is 2.54. The molecule has 1 saturated heterocycles. The summed E-state index contributed by atoms with van der Waals surface area (Å²) in [6.45, 7) is 3.34. The highest BCUT2D eigenvalue weighted by Gasteiger charge is 2.56. The molecule has 1 saturated carbocycles. The lowest BCUT2D eigenvalue weighted by Crippen LogP contribution is -2.54. The van der Waals surface area contributed by atoms with Crippen molar-refractivity contribution in [3.8, 4) is 0 Å². The van der Waals surface area contributed by atoms with E-state index < -0.39 is 0 Å². The third-order valence-corrected chi connectivity index (χ3v) is 3.64. The van der Waals surface area contributed by atoms with Crippen molar-refractivity contribution in [3.63, 3.8) is 0 Å². The summed E-state index contributed by atoms with van der Waals surface area (Å²) < 4.78 is 5.63. The van der Waals surface area contributed by atoms with E-state index in [1.807, 2.05) is 0 Å². The summed E-state index contributed by atoms with van der Waals surface area (Å²) in [5.41, 5.74) is 0.132. The molecule has 1 aliphatic heterocycles. The Morgan fingerprint density at radius 3 is 2.45 bits per heavy atom. The number of hydrogen-bond donors (Lipinski definition) is 1. The Hall–Kier alpha value is -0.0800. The Labute approximate surface area is 67.6 Å². The normalized spacial score (nSPS) is 49.6. The molecule has 2 fully saturated rings. The van der Waals surface area contributed by atoms with Crippen molar-refractivity contribution in [2.75, 3.05) is 13.2 Å². The van der Waals surface area contributed by atoms with E-state index in [-0.39, 0.29) is 17.6 Å². The maximum Gasteiger partial charge on any atom is 0.0779 e. The molecule has 0 radical (unpaired) electrons. The Kier molecular flexibility index (Phi) is 1.52. The van der Waals surface area contributed by atoms with E-state index in [1.165, 1.54) is 6.42 Å². The Morgan fingerprint density at radius 2 is 2.09 bits per heavy atom. The molecule has 64 valence electrons. The SMILES string of the molecule is CC1(CO)CCCC12CCO2. The number of hydrogen-bond acceptors (Lipinski definition) is 2. The van der Waals surface area contributed by atoms with Crippen molar-refractivity contribution in [2.24, 2.45) is 5.41 Å². The zero-order valence-corrected chi connectivity index (χ0v) is 7.10. The molecule has 0 aromatic heterocycles. The lowest BCUT2D eigenvalue weighted by atomic mass is 9.72. The van der Waals surface area contributed by atoms with Crippen molar-refractivity contribution >= 4 is 0 Å². The fourth-order valence-corrected chi connectivity index (χ4v) is 2.54. The van der Waals surface area contributed by atoms with Crippen LogP contribution in [0, 0.1) is 5.41 Å². The van der Waals surface area contributed by atoms with Gasteiger partial charge in [0.25, 0.3) is 0 Å². The minimum atomic E-state index is 0.0608. The van der Waals surface area contributed by atoms with Crippen LogP contribution in [0.15, 0.2) is 0 Å². The molecule has 0 bridgehead atoms. The largest absolute Gasteiger partial charge is 0.396 e. The lowest BCUT2D eigenvalue weighted by Gasteiger charge is -2.49. The van der Waals surface area contributed by atoms with Gasteiger partial charge in [-0.3, -0.25) is 0 Å². The van der Waals surface area contributed by atoms with E-state index in [0.29, 0.717) is 0 Å². The van der Waals surface area contributed by atoms with Crippen molar-refractivity contribution in [1.82, 2.24) is 0 Å². The van der Waals surface area contributed by atoms with Crippen molar-refractivity contribution in [3.05, 3.63) is 0 Å². The molecule has 2 unspecified atom stereocenters. The van der Waals surface area contributed by atoms with Gasteiger partial charge in [0.15, 0.2) is 0 Å². The Balaban J connectivity index is 2.19. The summed E-state index contributed by atoms with van der Waals surface area (Å²) in [5, 5.41) is 9.25. The molecule has 2 aliphatic rings. The van der Waals surface area contributed by atoms with E-state index in [1.54, 1.807) is 0 Å². The second kappa shape index (κ2) is 2.20. The van der Waals surface area contributed by atoms with Gasteiger partial charge in [0.2, 0.25) is 0 Å². The molecular formula is C9H16O2. The molecule has 11 heavy (non-hydrogen) atoms. The fourth-order valence-electron chi connectivity index (χ4n) is 2.54. The van der Waals surface area contributed by atoms with Crippen LogP contribution in [-0.4, -0.2) is 23.9 Å². The van der Waals surface area contributed by atoms with Crippen LogP contribution in [0.4, 0.5) is 0 Å². The molecule has 2 nitrogen and oxygen atoms in total. The minimum absolute atomic E-state index is 0.0608. The highest BCUT2D eigenvalue weighted by molar-refractivity contribution is 5.05. The van der Waals surface area contributed by atoms with Gasteiger partial charge in [-0.2, -0.15) is 0 Å². The first-order chi connectivity index (χ1) is 5.22. The monoisotopic (exact) mass is 156 g/mol. The first kappa shape index (κ1) is 7.56. The zero-order valence-electron chi connectivity index (χ0n) is 7.10. The maximum absolute atomic E-state index is 9.25. The van der Waals surface area contributed by atoms with E-state index in [9.17, 15) is 5.11 Å². The summed E-state index contributed by atoms with van der Waals surface area (Å²) in [5.74, 6) is 0. The summed E-state index contributed by atoms with van der Waals surface area (Å²) in [6, 6.07) is 0. The van der Waals surface area contributed by atoms with Gasteiger partial charge in [-0.25, -0.2) is 0 Å². The molecule has 1 heterocycles. The van der Waals surface area contributed by atoms with Crippen LogP contribution in [0.1, 0.15) is 32.6 Å². The molecule has 0 aromatic rings. The first-order valence-corrected chi connectivity index (χ1v) is 4.47. The van der Waals surface area contributed by atoms with Crippen LogP contribution < -0.4 is 0 Å². The Morgan fingerprint density at radius 1 is 1.36 bits per heavy atom. The van der Waals surface area contributed by atoms with Gasteiger partial charge in [-0.15, -0.1) is 0 Å². The van der Waals surface area contributed by atoms with Crippen LogP contribution in [0.5, 0.6) is 0 Å². The predicted molar refractivity (Wildman–Crippen MR) is 42.3 cm³/mol. The molecule has 2 rings (SSSR count). The molecule has 2 atom stereocenters. The molecular weight excluding hydrogens is 140 g/mol. The summed E-state index contributed by atoms with van der Waals surface area (Å²) in [7, 11) is 0. The predicted octanol–water partition coefficient (Wildman–Crippen LogP) is 1.33. The Bertz CT molecular complexity index is 153. The van der Waals surface area contributed by atoms with E-state index in [0.717, 1.165) is 25.9 Å². The highest BCUT2D eigenvalue weighted by atomic mass is 16.5. The van der Waals surface area contributed by atoms with Gasteiger partial charge in [-0.05, 0) is 19.3 Å². The number of ether oxygens (including phenoxy) is 1. The van der Waals surface area contributed by atoms with E-state index in [2.05, 4.69) is 6.92 Å². The average Bonchev–Trinajstić information content (AvgIpc) is 2.27. The summed E-state index contributed by atoms with van der Waals surface area (Å²) in [6.07, 6.45) is 4.66. The van der Waals surface area contributed by atoms with Crippen molar-refractivity contribution in [2.45, 2.75) is 38.2 Å². The van der Waals surface area contributed by atoms with E-state index in [4.69, 9.17) is 4.74 Å². The first-order valence-electron chi connectivity index (χ1n) is 4.47. The number of aliphatic hydroxyl groups excluding tert-OH is 1. The van der Waals surface area contributed by atoms with Crippen LogP contribution in [0.3, 0.4) is 0 Å². The van der Waals surface area contributed by atoms with Crippen LogP contribution in [0.25, 0.3) is 0 Å². The topological polar surface area (TPSA) is 29.5 Å². The van der Waals surface area contributed by atoms with Gasteiger partial charge < -0.3 is 9.84 Å². The molecule has 0 amide bonds. The summed E-state index contributed by atoms with van der Waals surface area (Å²) in [4.78, 5) is 0. The van der Waals surface area contributed by atoms with E-state index >= 15 is 0 Å². The van der Waals surface area contributed by atoms with Gasteiger partial charge in [0.05, 0.1) is 18.8 Å². The molecule has 1 spiro atoms. The second-order valence-corrected chi connectivity index (χ2v) is 4.17. The lowest BCUT2D eigenvalue weighted by molar-refractivity contribution is -0.209. The fraction of sp³-hybridized carbons (Fsp3) is 1.00. The summed E-state index contributed by atoms with van der Waals surface area (Å²) >= 11 is 0. The molecule has 2 heteroatoms. The molecule has 0 aromatic carbocycles. The smallest absolute Gasteiger partial charge is 0.0779 e. The van der Waals surface area contributed by atoms with Crippen LogP contribution in [-0.2, 0) is 4.74 Å². The molecule has 1 aliphatic carbocycles. The third-order valence-electron chi connectivity index (χ3n) is 3.64. The van der Waals surface area contributed by atoms with Crippen molar-refractivity contribution < 1.29 is 9.84 Å². The quantitative estimate of drug-likeness (QED) is 0.620. The molecule has 1 N–H and O–H groups in total. The minimum Gasteiger partial charge on any atom is -0.396 e. The van der Waals surface area contributed by atoms with Gasteiger partial charge in [0, 0.05) is 11.8 Å². The van der Waals surface area contributed by atoms with Crippen LogP contribution >= 0.6 is 0 Å². The second-order valence-electron chi connectivity index (χ2n) is 4.17. The third kappa shape index (κ3) is 0.798. The van der Waals surface area contributed by atoms with Gasteiger partial charge >= 0.3 is 0 Å².